The van der Waals surface area contributed by atoms with Crippen molar-refractivity contribution in [3.05, 3.63) is 0 Å². The Bertz CT molecular complexity index is 531. The second-order valence-corrected chi connectivity index (χ2v) is 8.51. The number of aliphatic hydroxyl groups excluding tert-OH is 1. The van der Waals surface area contributed by atoms with E-state index in [1.807, 2.05) is 4.90 Å². The first-order valence-electron chi connectivity index (χ1n) is 7.91. The maximum Gasteiger partial charge on any atom is 0.225 e. The number of hydrogen-bond acceptors (Lipinski definition) is 5. The summed E-state index contributed by atoms with van der Waals surface area (Å²) in [5, 5.41) is 9.35. The number of fused-ring (bicyclic) bond motifs is 1. The lowest BCUT2D eigenvalue weighted by Gasteiger charge is -2.38. The van der Waals surface area contributed by atoms with E-state index >= 15 is 0 Å². The van der Waals surface area contributed by atoms with Crippen molar-refractivity contribution >= 4 is 15.9 Å². The zero-order valence-electron chi connectivity index (χ0n) is 12.8. The third-order valence-electron chi connectivity index (χ3n) is 5.02. The van der Waals surface area contributed by atoms with Crippen LogP contribution in [-0.2, 0) is 19.6 Å². The Balaban J connectivity index is 1.67. The Kier molecular flexibility index (Phi) is 4.46. The zero-order chi connectivity index (χ0) is 15.9. The molecule has 3 fully saturated rings. The molecule has 8 heteroatoms. The lowest BCUT2D eigenvalue weighted by molar-refractivity contribution is -0.142. The molecule has 126 valence electrons. The monoisotopic (exact) mass is 332 g/mol. The summed E-state index contributed by atoms with van der Waals surface area (Å²) in [5.74, 6) is 0.0249. The van der Waals surface area contributed by atoms with Crippen LogP contribution in [0.3, 0.4) is 0 Å². The van der Waals surface area contributed by atoms with Crippen molar-refractivity contribution < 1.29 is 23.1 Å². The molecule has 0 aromatic heterocycles. The smallest absolute Gasteiger partial charge is 0.225 e. The van der Waals surface area contributed by atoms with Gasteiger partial charge in [0, 0.05) is 25.6 Å². The second kappa shape index (κ2) is 6.07. The van der Waals surface area contributed by atoms with E-state index in [2.05, 4.69) is 0 Å². The molecule has 0 radical (unpaired) electrons. The van der Waals surface area contributed by atoms with Crippen LogP contribution in [0.25, 0.3) is 0 Å². The molecule has 1 amide bonds. The number of hydrogen-bond donors (Lipinski definition) is 1. The van der Waals surface area contributed by atoms with Crippen LogP contribution in [0.4, 0.5) is 0 Å². The fraction of sp³-hybridized carbons (Fsp3) is 0.929. The van der Waals surface area contributed by atoms with Gasteiger partial charge in [0.05, 0.1) is 31.1 Å². The van der Waals surface area contributed by atoms with Gasteiger partial charge in [-0.15, -0.1) is 0 Å². The molecule has 2 heterocycles. The minimum Gasteiger partial charge on any atom is -0.393 e. The van der Waals surface area contributed by atoms with E-state index in [-0.39, 0.29) is 30.1 Å². The average molecular weight is 332 g/mol. The first-order chi connectivity index (χ1) is 10.4. The SMILES string of the molecule is CS(=O)(=O)N1CCO[C@@H]2CCN(C(=O)C3CC(O)C3)CC[C@H]21. The highest BCUT2D eigenvalue weighted by Gasteiger charge is 2.41. The van der Waals surface area contributed by atoms with E-state index in [9.17, 15) is 18.3 Å². The number of carbonyl (C=O) groups excluding carboxylic acids is 1. The molecule has 0 aromatic rings. The third kappa shape index (κ3) is 3.15. The van der Waals surface area contributed by atoms with Gasteiger partial charge in [0.2, 0.25) is 15.9 Å². The Labute approximate surface area is 131 Å². The number of aliphatic hydroxyl groups is 1. The quantitative estimate of drug-likeness (QED) is 0.730. The molecule has 0 unspecified atom stereocenters. The molecule has 1 saturated carbocycles. The van der Waals surface area contributed by atoms with Crippen LogP contribution in [0.2, 0.25) is 0 Å². The van der Waals surface area contributed by atoms with Gasteiger partial charge in [0.15, 0.2) is 0 Å². The largest absolute Gasteiger partial charge is 0.393 e. The first kappa shape index (κ1) is 16.2. The Hall–Kier alpha value is -0.700. The van der Waals surface area contributed by atoms with Gasteiger partial charge >= 0.3 is 0 Å². The highest BCUT2D eigenvalue weighted by molar-refractivity contribution is 7.88. The molecule has 3 rings (SSSR count). The molecule has 0 bridgehead atoms. The van der Waals surface area contributed by atoms with Crippen LogP contribution in [-0.4, -0.2) is 79.4 Å². The molecule has 1 aliphatic carbocycles. The summed E-state index contributed by atoms with van der Waals surface area (Å²) in [4.78, 5) is 14.2. The molecule has 22 heavy (non-hydrogen) atoms. The number of carbonyl (C=O) groups is 1. The summed E-state index contributed by atoms with van der Waals surface area (Å²) in [7, 11) is -3.25. The maximum absolute atomic E-state index is 12.4. The van der Waals surface area contributed by atoms with E-state index in [1.165, 1.54) is 10.6 Å². The molecule has 0 spiro atoms. The van der Waals surface area contributed by atoms with Crippen molar-refractivity contribution in [2.24, 2.45) is 5.92 Å². The number of amides is 1. The standard InChI is InChI=1S/C14H24N2O5S/c1-22(19,20)16-6-7-21-13-3-5-15(4-2-12(13)16)14(18)10-8-11(17)9-10/h10-13,17H,2-9H2,1H3/t10?,11?,12-,13-/m1/s1. The van der Waals surface area contributed by atoms with Gasteiger partial charge in [-0.1, -0.05) is 0 Å². The highest BCUT2D eigenvalue weighted by Crippen LogP contribution is 2.31. The Morgan fingerprint density at radius 3 is 2.50 bits per heavy atom. The fourth-order valence-corrected chi connectivity index (χ4v) is 4.86. The molecule has 2 atom stereocenters. The zero-order valence-corrected chi connectivity index (χ0v) is 13.7. The number of nitrogens with zero attached hydrogens (tertiary/aromatic N) is 2. The van der Waals surface area contributed by atoms with Gasteiger partial charge in [-0.25, -0.2) is 8.42 Å². The number of rotatable bonds is 2. The van der Waals surface area contributed by atoms with Crippen molar-refractivity contribution in [1.82, 2.24) is 9.21 Å². The van der Waals surface area contributed by atoms with Crippen molar-refractivity contribution in [3.63, 3.8) is 0 Å². The lowest BCUT2D eigenvalue weighted by atomic mass is 9.81. The molecule has 7 nitrogen and oxygen atoms in total. The van der Waals surface area contributed by atoms with Gasteiger partial charge in [0.25, 0.3) is 0 Å². The summed E-state index contributed by atoms with van der Waals surface area (Å²) < 4.78 is 31.1. The predicted octanol–water partition coefficient (Wildman–Crippen LogP) is -0.591. The predicted molar refractivity (Wildman–Crippen MR) is 79.6 cm³/mol. The molecular weight excluding hydrogens is 308 g/mol. The summed E-state index contributed by atoms with van der Waals surface area (Å²) in [5.41, 5.74) is 0. The number of ether oxygens (including phenoxy) is 1. The van der Waals surface area contributed by atoms with E-state index in [4.69, 9.17) is 4.74 Å². The summed E-state index contributed by atoms with van der Waals surface area (Å²) in [6.07, 6.45) is 3.14. The van der Waals surface area contributed by atoms with E-state index in [0.717, 1.165) is 0 Å². The summed E-state index contributed by atoms with van der Waals surface area (Å²) >= 11 is 0. The normalized spacial score (nSPS) is 37.1. The van der Waals surface area contributed by atoms with Gasteiger partial charge in [0.1, 0.15) is 0 Å². The minimum absolute atomic E-state index is 0.0675. The molecule has 1 N–H and O–H groups in total. The van der Waals surface area contributed by atoms with Crippen molar-refractivity contribution in [2.45, 2.75) is 43.9 Å². The number of sulfonamides is 1. The summed E-state index contributed by atoms with van der Waals surface area (Å²) in [6.45, 7) is 1.96. The molecule has 0 aromatic carbocycles. The van der Waals surface area contributed by atoms with E-state index in [0.29, 0.717) is 51.9 Å². The fourth-order valence-electron chi connectivity index (χ4n) is 3.72. The van der Waals surface area contributed by atoms with Gasteiger partial charge in [-0.2, -0.15) is 4.31 Å². The van der Waals surface area contributed by atoms with E-state index < -0.39 is 10.0 Å². The molecule has 3 aliphatic rings. The molecule has 2 aliphatic heterocycles. The van der Waals surface area contributed by atoms with Crippen LogP contribution in [0.1, 0.15) is 25.7 Å². The Morgan fingerprint density at radius 2 is 1.86 bits per heavy atom. The van der Waals surface area contributed by atoms with Gasteiger partial charge in [-0.05, 0) is 25.7 Å². The van der Waals surface area contributed by atoms with Crippen LogP contribution in [0, 0.1) is 5.92 Å². The Morgan fingerprint density at radius 1 is 1.18 bits per heavy atom. The van der Waals surface area contributed by atoms with Crippen molar-refractivity contribution in [3.8, 4) is 0 Å². The number of likely N-dealkylation sites (tertiary alicyclic amines) is 1. The maximum atomic E-state index is 12.4. The van der Waals surface area contributed by atoms with Crippen LogP contribution in [0.15, 0.2) is 0 Å². The third-order valence-corrected chi connectivity index (χ3v) is 6.33. The van der Waals surface area contributed by atoms with E-state index in [1.54, 1.807) is 0 Å². The topological polar surface area (TPSA) is 87.2 Å². The highest BCUT2D eigenvalue weighted by atomic mass is 32.2. The number of morpholine rings is 1. The first-order valence-corrected chi connectivity index (χ1v) is 9.76. The van der Waals surface area contributed by atoms with Crippen molar-refractivity contribution in [1.29, 1.82) is 0 Å². The van der Waals surface area contributed by atoms with Gasteiger partial charge in [-0.3, -0.25) is 4.79 Å². The van der Waals surface area contributed by atoms with Crippen LogP contribution >= 0.6 is 0 Å². The van der Waals surface area contributed by atoms with Crippen LogP contribution < -0.4 is 0 Å². The molecular formula is C14H24N2O5S. The molecule has 2 saturated heterocycles. The van der Waals surface area contributed by atoms with Crippen molar-refractivity contribution in [2.75, 3.05) is 32.5 Å². The minimum atomic E-state index is -3.25. The van der Waals surface area contributed by atoms with Crippen LogP contribution in [0.5, 0.6) is 0 Å². The second-order valence-electron chi connectivity index (χ2n) is 6.58. The average Bonchev–Trinajstić information content (AvgIpc) is 2.64. The lowest BCUT2D eigenvalue weighted by Crippen LogP contribution is -2.53. The van der Waals surface area contributed by atoms with Gasteiger partial charge < -0.3 is 14.7 Å². The summed E-state index contributed by atoms with van der Waals surface area (Å²) in [6, 6.07) is -0.173.